The van der Waals surface area contributed by atoms with Gasteiger partial charge in [-0.15, -0.1) is 11.6 Å². The van der Waals surface area contributed by atoms with E-state index in [1.807, 2.05) is 4.57 Å². The molecule has 1 atom stereocenters. The summed E-state index contributed by atoms with van der Waals surface area (Å²) in [6.07, 6.45) is 1.91. The molecule has 0 aliphatic heterocycles. The molecular weight excluding hydrogens is 258 g/mol. The molecule has 2 rings (SSSR count). The van der Waals surface area contributed by atoms with Crippen molar-refractivity contribution >= 4 is 22.6 Å². The highest BCUT2D eigenvalue weighted by atomic mass is 35.5. The Kier molecular flexibility index (Phi) is 3.85. The minimum absolute atomic E-state index is 0.190. The van der Waals surface area contributed by atoms with E-state index in [-0.39, 0.29) is 10.9 Å². The summed E-state index contributed by atoms with van der Waals surface area (Å²) in [5, 5.41) is -0.336. The van der Waals surface area contributed by atoms with Crippen LogP contribution in [0.5, 0.6) is 0 Å². The summed E-state index contributed by atoms with van der Waals surface area (Å²) in [4.78, 5) is 4.20. The van der Waals surface area contributed by atoms with Crippen molar-refractivity contribution in [3.8, 4) is 0 Å². The van der Waals surface area contributed by atoms with Crippen molar-refractivity contribution in [2.24, 2.45) is 0 Å². The van der Waals surface area contributed by atoms with Gasteiger partial charge in [-0.25, -0.2) is 13.8 Å². The van der Waals surface area contributed by atoms with Crippen molar-refractivity contribution in [2.45, 2.75) is 38.6 Å². The predicted octanol–water partition coefficient (Wildman–Crippen LogP) is 4.41. The first-order valence-electron chi connectivity index (χ1n) is 6.03. The molecule has 0 N–H and O–H groups in total. The SMILES string of the molecule is CCCCn1c(C(C)Cl)nc2c(F)cc(F)cc21. The molecule has 0 saturated carbocycles. The molecule has 0 radical (unpaired) electrons. The molecule has 1 aromatic heterocycles. The van der Waals surface area contributed by atoms with Crippen LogP contribution in [0, 0.1) is 11.6 Å². The van der Waals surface area contributed by atoms with E-state index in [0.717, 1.165) is 18.9 Å². The summed E-state index contributed by atoms with van der Waals surface area (Å²) in [6.45, 7) is 4.51. The van der Waals surface area contributed by atoms with E-state index in [4.69, 9.17) is 11.6 Å². The number of aromatic nitrogens is 2. The van der Waals surface area contributed by atoms with E-state index in [1.54, 1.807) is 6.92 Å². The summed E-state index contributed by atoms with van der Waals surface area (Å²) < 4.78 is 28.8. The third-order valence-corrected chi connectivity index (χ3v) is 3.09. The van der Waals surface area contributed by atoms with E-state index >= 15 is 0 Å². The van der Waals surface area contributed by atoms with Crippen LogP contribution in [0.25, 0.3) is 11.0 Å². The number of alkyl halides is 1. The molecule has 0 spiro atoms. The van der Waals surface area contributed by atoms with Gasteiger partial charge in [-0.2, -0.15) is 0 Å². The van der Waals surface area contributed by atoms with E-state index in [9.17, 15) is 8.78 Å². The zero-order chi connectivity index (χ0) is 13.3. The summed E-state index contributed by atoms with van der Waals surface area (Å²) in [5.41, 5.74) is 0.665. The fourth-order valence-electron chi connectivity index (χ4n) is 2.02. The zero-order valence-corrected chi connectivity index (χ0v) is 11.1. The van der Waals surface area contributed by atoms with Gasteiger partial charge in [0.1, 0.15) is 17.2 Å². The Balaban J connectivity index is 2.64. The fourth-order valence-corrected chi connectivity index (χ4v) is 2.19. The molecule has 0 bridgehead atoms. The van der Waals surface area contributed by atoms with Crippen molar-refractivity contribution in [2.75, 3.05) is 0 Å². The maximum atomic E-state index is 13.7. The number of hydrogen-bond donors (Lipinski definition) is 0. The fraction of sp³-hybridized carbons (Fsp3) is 0.462. The molecular formula is C13H15ClF2N2. The van der Waals surface area contributed by atoms with Crippen LogP contribution in [0.2, 0.25) is 0 Å². The molecule has 0 amide bonds. The number of hydrogen-bond acceptors (Lipinski definition) is 1. The largest absolute Gasteiger partial charge is 0.327 e. The van der Waals surface area contributed by atoms with Crippen LogP contribution >= 0.6 is 11.6 Å². The molecule has 18 heavy (non-hydrogen) atoms. The number of fused-ring (bicyclic) bond motifs is 1. The molecule has 2 aromatic rings. The second kappa shape index (κ2) is 5.22. The third kappa shape index (κ3) is 2.34. The van der Waals surface area contributed by atoms with Gasteiger partial charge in [0.25, 0.3) is 0 Å². The molecule has 0 saturated heterocycles. The van der Waals surface area contributed by atoms with Crippen LogP contribution < -0.4 is 0 Å². The number of halogens is 3. The van der Waals surface area contributed by atoms with Crippen molar-refractivity contribution in [3.63, 3.8) is 0 Å². The van der Waals surface area contributed by atoms with Crippen molar-refractivity contribution in [1.82, 2.24) is 9.55 Å². The minimum atomic E-state index is -0.640. The van der Waals surface area contributed by atoms with Crippen molar-refractivity contribution < 1.29 is 8.78 Å². The maximum absolute atomic E-state index is 13.7. The van der Waals surface area contributed by atoms with Gasteiger partial charge in [-0.3, -0.25) is 0 Å². The lowest BCUT2D eigenvalue weighted by atomic mass is 10.2. The minimum Gasteiger partial charge on any atom is -0.327 e. The lowest BCUT2D eigenvalue weighted by molar-refractivity contribution is 0.588. The van der Waals surface area contributed by atoms with E-state index in [2.05, 4.69) is 11.9 Å². The molecule has 5 heteroatoms. The summed E-state index contributed by atoms with van der Waals surface area (Å²) in [6, 6.07) is 2.16. The van der Waals surface area contributed by atoms with Crippen LogP contribution in [0.1, 0.15) is 37.9 Å². The molecule has 2 nitrogen and oxygen atoms in total. The normalized spacial score (nSPS) is 13.2. The smallest absolute Gasteiger partial charge is 0.153 e. The van der Waals surface area contributed by atoms with E-state index < -0.39 is 11.6 Å². The van der Waals surface area contributed by atoms with Gasteiger partial charge in [0, 0.05) is 12.6 Å². The van der Waals surface area contributed by atoms with Gasteiger partial charge in [0.2, 0.25) is 0 Å². The highest BCUT2D eigenvalue weighted by Crippen LogP contribution is 2.27. The molecule has 0 aliphatic rings. The highest BCUT2D eigenvalue weighted by molar-refractivity contribution is 6.20. The van der Waals surface area contributed by atoms with Gasteiger partial charge in [-0.05, 0) is 19.4 Å². The number of aryl methyl sites for hydroxylation is 1. The molecule has 1 heterocycles. The van der Waals surface area contributed by atoms with E-state index in [1.165, 1.54) is 6.07 Å². The Morgan fingerprint density at radius 2 is 2.11 bits per heavy atom. The van der Waals surface area contributed by atoms with Crippen LogP contribution in [0.15, 0.2) is 12.1 Å². The number of nitrogens with zero attached hydrogens (tertiary/aromatic N) is 2. The van der Waals surface area contributed by atoms with Crippen LogP contribution in [0.3, 0.4) is 0 Å². The number of unbranched alkanes of at least 4 members (excludes halogenated alkanes) is 1. The van der Waals surface area contributed by atoms with Gasteiger partial charge in [0.05, 0.1) is 10.9 Å². The van der Waals surface area contributed by atoms with Crippen molar-refractivity contribution in [3.05, 3.63) is 29.6 Å². The van der Waals surface area contributed by atoms with Gasteiger partial charge in [-0.1, -0.05) is 13.3 Å². The average Bonchev–Trinajstić information content (AvgIpc) is 2.65. The first-order valence-corrected chi connectivity index (χ1v) is 6.47. The van der Waals surface area contributed by atoms with Gasteiger partial charge in [0.15, 0.2) is 5.82 Å². The Hall–Kier alpha value is -1.16. The standard InChI is InChI=1S/C13H15ClF2N2/c1-3-4-5-18-11-7-9(15)6-10(16)12(11)17-13(18)8(2)14/h6-8H,3-5H2,1-2H3. The first kappa shape index (κ1) is 13.3. The third-order valence-electron chi connectivity index (χ3n) is 2.89. The molecule has 0 aliphatic carbocycles. The monoisotopic (exact) mass is 272 g/mol. The predicted molar refractivity (Wildman–Crippen MR) is 68.8 cm³/mol. The molecule has 98 valence electrons. The lowest BCUT2D eigenvalue weighted by Crippen LogP contribution is -2.04. The highest BCUT2D eigenvalue weighted by Gasteiger charge is 2.18. The van der Waals surface area contributed by atoms with E-state index in [0.29, 0.717) is 17.9 Å². The Labute approximate surface area is 110 Å². The quantitative estimate of drug-likeness (QED) is 0.754. The topological polar surface area (TPSA) is 17.8 Å². The summed E-state index contributed by atoms with van der Waals surface area (Å²) in [7, 11) is 0. The second-order valence-corrected chi connectivity index (χ2v) is 5.00. The Morgan fingerprint density at radius 1 is 1.39 bits per heavy atom. The first-order chi connectivity index (χ1) is 8.54. The second-order valence-electron chi connectivity index (χ2n) is 4.35. The van der Waals surface area contributed by atoms with Gasteiger partial charge >= 0.3 is 0 Å². The van der Waals surface area contributed by atoms with Gasteiger partial charge < -0.3 is 4.57 Å². The van der Waals surface area contributed by atoms with Crippen molar-refractivity contribution in [1.29, 1.82) is 0 Å². The van der Waals surface area contributed by atoms with Crippen LogP contribution in [-0.2, 0) is 6.54 Å². The average molecular weight is 273 g/mol. The zero-order valence-electron chi connectivity index (χ0n) is 10.4. The number of imidazole rings is 1. The molecule has 0 fully saturated rings. The van der Waals surface area contributed by atoms with Crippen LogP contribution in [0.4, 0.5) is 8.78 Å². The Bertz CT molecular complexity index is 564. The molecule has 1 unspecified atom stereocenters. The van der Waals surface area contributed by atoms with Crippen LogP contribution in [-0.4, -0.2) is 9.55 Å². The Morgan fingerprint density at radius 3 is 2.72 bits per heavy atom. The molecule has 1 aromatic carbocycles. The summed E-state index contributed by atoms with van der Waals surface area (Å²) in [5.74, 6) is -0.644. The maximum Gasteiger partial charge on any atom is 0.153 e. The summed E-state index contributed by atoms with van der Waals surface area (Å²) >= 11 is 6.05. The number of benzene rings is 1. The lowest BCUT2D eigenvalue weighted by Gasteiger charge is -2.09. The number of rotatable bonds is 4.